The van der Waals surface area contributed by atoms with Crippen molar-refractivity contribution in [1.29, 1.82) is 0 Å². The molecule has 0 spiro atoms. The van der Waals surface area contributed by atoms with Crippen LogP contribution >= 0.6 is 0 Å². The van der Waals surface area contributed by atoms with Crippen LogP contribution < -0.4 is 16.0 Å². The van der Waals surface area contributed by atoms with Gasteiger partial charge >= 0.3 is 0 Å². The summed E-state index contributed by atoms with van der Waals surface area (Å²) in [6, 6.07) is 8.66. The number of nitrogens with two attached hydrogens (primary N) is 1. The van der Waals surface area contributed by atoms with E-state index >= 15 is 0 Å². The minimum Gasteiger partial charge on any atom is -0.369 e. The van der Waals surface area contributed by atoms with Gasteiger partial charge in [0, 0.05) is 36.4 Å². The quantitative estimate of drug-likeness (QED) is 0.772. The molecule has 1 aromatic rings. The molecule has 0 aliphatic carbocycles. The summed E-state index contributed by atoms with van der Waals surface area (Å²) in [5, 5.41) is 2.93. The summed E-state index contributed by atoms with van der Waals surface area (Å²) in [7, 11) is 0. The van der Waals surface area contributed by atoms with Crippen LogP contribution in [0.15, 0.2) is 24.3 Å². The van der Waals surface area contributed by atoms with Gasteiger partial charge in [-0.25, -0.2) is 0 Å². The number of hydrogen-bond donors (Lipinski definition) is 2. The molecule has 3 N–H and O–H groups in total. The summed E-state index contributed by atoms with van der Waals surface area (Å²) in [6.07, 6.45) is 2.24. The summed E-state index contributed by atoms with van der Waals surface area (Å²) in [5.41, 5.74) is 7.71. The average Bonchev–Trinajstić information content (AvgIpc) is 2.40. The molecule has 1 aromatic carbocycles. The van der Waals surface area contributed by atoms with Crippen molar-refractivity contribution in [2.24, 2.45) is 5.73 Å². The van der Waals surface area contributed by atoms with Crippen LogP contribution in [0.25, 0.3) is 0 Å². The minimum atomic E-state index is 0.0552. The zero-order valence-corrected chi connectivity index (χ0v) is 13.7. The van der Waals surface area contributed by atoms with Gasteiger partial charge in [0.1, 0.15) is 0 Å². The van der Waals surface area contributed by atoms with Crippen LogP contribution in [0, 0.1) is 0 Å². The number of nitrogens with one attached hydrogen (secondary N) is 1. The highest BCUT2D eigenvalue weighted by Crippen LogP contribution is 2.20. The molecule has 118 valence electrons. The Morgan fingerprint density at radius 2 is 1.86 bits per heavy atom. The van der Waals surface area contributed by atoms with Gasteiger partial charge in [0.05, 0.1) is 0 Å². The molecule has 0 heterocycles. The van der Waals surface area contributed by atoms with Crippen LogP contribution in [0.1, 0.15) is 47.0 Å². The van der Waals surface area contributed by atoms with Gasteiger partial charge < -0.3 is 16.0 Å². The monoisotopic (exact) mass is 291 g/mol. The fourth-order valence-corrected chi connectivity index (χ4v) is 2.39. The molecule has 0 aliphatic rings. The van der Waals surface area contributed by atoms with E-state index < -0.39 is 0 Å². The standard InChI is InChI=1S/C17H29N3O/c1-5-20(13(2)3)16-11-9-15(10-12-16)19-17(21)8-6-7-14(4)18/h9-14H,5-8,18H2,1-4H3,(H,19,21). The maximum atomic E-state index is 11.8. The molecule has 0 aromatic heterocycles. The van der Waals surface area contributed by atoms with Crippen molar-refractivity contribution in [1.82, 2.24) is 0 Å². The molecule has 0 saturated heterocycles. The van der Waals surface area contributed by atoms with Crippen molar-refractivity contribution < 1.29 is 4.79 Å². The summed E-state index contributed by atoms with van der Waals surface area (Å²) >= 11 is 0. The van der Waals surface area contributed by atoms with Crippen LogP contribution in [0.3, 0.4) is 0 Å². The fourth-order valence-electron chi connectivity index (χ4n) is 2.39. The first-order valence-electron chi connectivity index (χ1n) is 7.86. The van der Waals surface area contributed by atoms with Gasteiger partial charge in [-0.3, -0.25) is 4.79 Å². The molecule has 0 bridgehead atoms. The van der Waals surface area contributed by atoms with Crippen LogP contribution in [0.4, 0.5) is 11.4 Å². The van der Waals surface area contributed by atoms with Gasteiger partial charge in [-0.2, -0.15) is 0 Å². The molecule has 0 saturated carbocycles. The highest BCUT2D eigenvalue weighted by atomic mass is 16.1. The van der Waals surface area contributed by atoms with Crippen LogP contribution in [-0.2, 0) is 4.79 Å². The maximum absolute atomic E-state index is 11.8. The summed E-state index contributed by atoms with van der Waals surface area (Å²) in [5.74, 6) is 0.0552. The zero-order valence-electron chi connectivity index (χ0n) is 13.7. The van der Waals surface area contributed by atoms with E-state index in [1.165, 1.54) is 5.69 Å². The normalized spacial score (nSPS) is 12.3. The van der Waals surface area contributed by atoms with Gasteiger partial charge in [-0.15, -0.1) is 0 Å². The second-order valence-corrected chi connectivity index (χ2v) is 5.84. The Labute approximate surface area is 128 Å². The lowest BCUT2D eigenvalue weighted by atomic mass is 10.1. The highest BCUT2D eigenvalue weighted by molar-refractivity contribution is 5.90. The van der Waals surface area contributed by atoms with E-state index in [4.69, 9.17) is 5.73 Å². The first-order valence-corrected chi connectivity index (χ1v) is 7.86. The number of anilines is 2. The zero-order chi connectivity index (χ0) is 15.8. The van der Waals surface area contributed by atoms with Crippen molar-refractivity contribution >= 4 is 17.3 Å². The molecule has 1 rings (SSSR count). The molecule has 1 unspecified atom stereocenters. The van der Waals surface area contributed by atoms with Crippen LogP contribution in [0.2, 0.25) is 0 Å². The predicted molar refractivity (Wildman–Crippen MR) is 90.7 cm³/mol. The summed E-state index contributed by atoms with van der Waals surface area (Å²) in [4.78, 5) is 14.1. The molecule has 0 radical (unpaired) electrons. The number of benzene rings is 1. The molecule has 0 aliphatic heterocycles. The minimum absolute atomic E-state index is 0.0552. The Kier molecular flexibility index (Phi) is 7.23. The molecule has 21 heavy (non-hydrogen) atoms. The third kappa shape index (κ3) is 6.17. The van der Waals surface area contributed by atoms with Crippen molar-refractivity contribution in [2.75, 3.05) is 16.8 Å². The number of rotatable bonds is 8. The third-order valence-corrected chi connectivity index (χ3v) is 3.51. The van der Waals surface area contributed by atoms with E-state index in [0.717, 1.165) is 25.1 Å². The van der Waals surface area contributed by atoms with E-state index in [-0.39, 0.29) is 11.9 Å². The molecule has 1 atom stereocenters. The maximum Gasteiger partial charge on any atom is 0.224 e. The second kappa shape index (κ2) is 8.67. The first-order chi connectivity index (χ1) is 9.93. The van der Waals surface area contributed by atoms with E-state index in [1.807, 2.05) is 19.1 Å². The molecule has 4 nitrogen and oxygen atoms in total. The third-order valence-electron chi connectivity index (χ3n) is 3.51. The first kappa shape index (κ1) is 17.5. The van der Waals surface area contributed by atoms with Gasteiger partial charge in [-0.05, 0) is 64.8 Å². The lowest BCUT2D eigenvalue weighted by molar-refractivity contribution is -0.116. The van der Waals surface area contributed by atoms with Gasteiger partial charge in [0.25, 0.3) is 0 Å². The SMILES string of the molecule is CCN(c1ccc(NC(=O)CCCC(C)N)cc1)C(C)C. The number of carbonyl (C=O) groups is 1. The van der Waals surface area contributed by atoms with Gasteiger partial charge in [-0.1, -0.05) is 0 Å². The number of amides is 1. The topological polar surface area (TPSA) is 58.4 Å². The lowest BCUT2D eigenvalue weighted by Gasteiger charge is -2.27. The lowest BCUT2D eigenvalue weighted by Crippen LogP contribution is -2.30. The molecule has 4 heteroatoms. The largest absolute Gasteiger partial charge is 0.369 e. The number of nitrogens with zero attached hydrogens (tertiary/aromatic N) is 1. The van der Waals surface area contributed by atoms with E-state index in [0.29, 0.717) is 12.5 Å². The Hall–Kier alpha value is -1.55. The molecular weight excluding hydrogens is 262 g/mol. The predicted octanol–water partition coefficient (Wildman–Crippen LogP) is 3.38. The van der Waals surface area contributed by atoms with Crippen molar-refractivity contribution in [2.45, 2.75) is 59.0 Å². The van der Waals surface area contributed by atoms with Gasteiger partial charge in [0.2, 0.25) is 5.91 Å². The van der Waals surface area contributed by atoms with Crippen LogP contribution in [-0.4, -0.2) is 24.5 Å². The van der Waals surface area contributed by atoms with Crippen molar-refractivity contribution in [3.05, 3.63) is 24.3 Å². The van der Waals surface area contributed by atoms with E-state index in [2.05, 4.69) is 43.1 Å². The molecule has 0 fully saturated rings. The fraction of sp³-hybridized carbons (Fsp3) is 0.588. The van der Waals surface area contributed by atoms with Crippen LogP contribution in [0.5, 0.6) is 0 Å². The Morgan fingerprint density at radius 3 is 2.33 bits per heavy atom. The number of hydrogen-bond acceptors (Lipinski definition) is 3. The van der Waals surface area contributed by atoms with Crippen molar-refractivity contribution in [3.8, 4) is 0 Å². The summed E-state index contributed by atoms with van der Waals surface area (Å²) in [6.45, 7) is 9.44. The smallest absolute Gasteiger partial charge is 0.224 e. The molecule has 1 amide bonds. The average molecular weight is 291 g/mol. The van der Waals surface area contributed by atoms with E-state index in [1.54, 1.807) is 0 Å². The Balaban J connectivity index is 2.52. The number of carbonyl (C=O) groups excluding carboxylic acids is 1. The second-order valence-electron chi connectivity index (χ2n) is 5.84. The summed E-state index contributed by atoms with van der Waals surface area (Å²) < 4.78 is 0. The van der Waals surface area contributed by atoms with E-state index in [9.17, 15) is 4.79 Å². The Bertz CT molecular complexity index is 426. The Morgan fingerprint density at radius 1 is 1.24 bits per heavy atom. The molecular formula is C17H29N3O. The van der Waals surface area contributed by atoms with Gasteiger partial charge in [0.15, 0.2) is 0 Å². The highest BCUT2D eigenvalue weighted by Gasteiger charge is 2.08. The van der Waals surface area contributed by atoms with Crippen molar-refractivity contribution in [3.63, 3.8) is 0 Å².